The third-order valence-electron chi connectivity index (χ3n) is 2.45. The lowest BCUT2D eigenvalue weighted by Gasteiger charge is -2.13. The van der Waals surface area contributed by atoms with E-state index in [2.05, 4.69) is 4.74 Å². The van der Waals surface area contributed by atoms with Crippen molar-refractivity contribution >= 4 is 21.8 Å². The summed E-state index contributed by atoms with van der Waals surface area (Å²) in [5.41, 5.74) is 0.898. The van der Waals surface area contributed by atoms with Crippen LogP contribution in [0, 0.1) is 6.92 Å². The van der Waals surface area contributed by atoms with E-state index in [1.807, 2.05) is 11.6 Å². The van der Waals surface area contributed by atoms with Crippen LogP contribution in [0.15, 0.2) is 29.2 Å². The predicted octanol–water partition coefficient (Wildman–Crippen LogP) is 0.404. The third-order valence-corrected chi connectivity index (χ3v) is 3.89. The van der Waals surface area contributed by atoms with Gasteiger partial charge in [-0.25, -0.2) is 13.2 Å². The molecule has 0 aliphatic rings. The monoisotopic (exact) mass is 285 g/mol. The second kappa shape index (κ2) is 5.94. The lowest BCUT2D eigenvalue weighted by Crippen LogP contribution is -2.46. The summed E-state index contributed by atoms with van der Waals surface area (Å²) in [6.45, 7) is 2.93. The van der Waals surface area contributed by atoms with Gasteiger partial charge < -0.3 is 4.74 Å². The van der Waals surface area contributed by atoms with E-state index in [0.717, 1.165) is 19.6 Å². The average molecular weight is 285 g/mol. The summed E-state index contributed by atoms with van der Waals surface area (Å²) >= 11 is 0. The van der Waals surface area contributed by atoms with Crippen LogP contribution in [0.3, 0.4) is 0 Å². The number of benzene rings is 1. The van der Waals surface area contributed by atoms with E-state index in [9.17, 15) is 18.0 Å². The average Bonchev–Trinajstić information content (AvgIpc) is 2.35. The number of ether oxygens (including phenoxy) is 1. The summed E-state index contributed by atoms with van der Waals surface area (Å²) < 4.78 is 30.4. The Bertz CT molecular complexity index is 577. The minimum Gasteiger partial charge on any atom is -0.467 e. The Labute approximate surface area is 111 Å². The van der Waals surface area contributed by atoms with Gasteiger partial charge in [-0.2, -0.15) is 4.72 Å². The van der Waals surface area contributed by atoms with E-state index in [4.69, 9.17) is 0 Å². The summed E-state index contributed by atoms with van der Waals surface area (Å²) in [4.78, 5) is 22.6. The molecule has 0 spiro atoms. The molecule has 6 nitrogen and oxygen atoms in total. The Kier molecular flexibility index (Phi) is 4.79. The number of hydrogen-bond acceptors (Lipinski definition) is 5. The molecule has 19 heavy (non-hydrogen) atoms. The smallest absolute Gasteiger partial charge is 0.331 e. The molecule has 0 bridgehead atoms. The van der Waals surface area contributed by atoms with E-state index in [1.54, 1.807) is 12.1 Å². The highest BCUT2D eigenvalue weighted by Gasteiger charge is 2.29. The van der Waals surface area contributed by atoms with E-state index < -0.39 is 27.8 Å². The highest BCUT2D eigenvalue weighted by atomic mass is 32.2. The predicted molar refractivity (Wildman–Crippen MR) is 68.0 cm³/mol. The van der Waals surface area contributed by atoms with Crippen LogP contribution < -0.4 is 4.72 Å². The van der Waals surface area contributed by atoms with Crippen LogP contribution in [0.1, 0.15) is 12.5 Å². The molecule has 0 aliphatic heterocycles. The van der Waals surface area contributed by atoms with Crippen LogP contribution in [0.5, 0.6) is 0 Å². The minimum absolute atomic E-state index is 0.0201. The van der Waals surface area contributed by atoms with Crippen molar-refractivity contribution in [3.8, 4) is 0 Å². The molecule has 0 aliphatic carbocycles. The molecule has 1 unspecified atom stereocenters. The normalized spacial score (nSPS) is 12.8. The van der Waals surface area contributed by atoms with E-state index in [-0.39, 0.29) is 4.90 Å². The Morgan fingerprint density at radius 2 is 1.74 bits per heavy atom. The molecule has 1 aromatic carbocycles. The van der Waals surface area contributed by atoms with Gasteiger partial charge in [-0.15, -0.1) is 0 Å². The topological polar surface area (TPSA) is 89.5 Å². The first kappa shape index (κ1) is 15.3. The molecule has 104 valence electrons. The molecular weight excluding hydrogens is 270 g/mol. The van der Waals surface area contributed by atoms with Gasteiger partial charge >= 0.3 is 5.97 Å². The van der Waals surface area contributed by atoms with Gasteiger partial charge in [0, 0.05) is 0 Å². The number of rotatable bonds is 5. The van der Waals surface area contributed by atoms with E-state index in [1.165, 1.54) is 12.1 Å². The van der Waals surface area contributed by atoms with E-state index in [0.29, 0.717) is 0 Å². The van der Waals surface area contributed by atoms with Crippen LogP contribution in [0.2, 0.25) is 0 Å². The Hall–Kier alpha value is -1.73. The maximum Gasteiger partial charge on any atom is 0.331 e. The van der Waals surface area contributed by atoms with Crippen LogP contribution in [-0.2, 0) is 24.3 Å². The number of Topliss-reactive ketones (excluding diaryl/α,β-unsaturated/α-hetero) is 1. The number of nitrogens with one attached hydrogen (secondary N) is 1. The molecule has 0 saturated carbocycles. The molecule has 1 aromatic rings. The number of methoxy groups -OCH3 is 1. The maximum absolute atomic E-state index is 12.0. The summed E-state index contributed by atoms with van der Waals surface area (Å²) in [6.07, 6.45) is 0. The third kappa shape index (κ3) is 3.87. The fourth-order valence-corrected chi connectivity index (χ4v) is 2.56. The molecule has 0 aromatic heterocycles. The Balaban J connectivity index is 3.04. The highest BCUT2D eigenvalue weighted by Crippen LogP contribution is 2.11. The van der Waals surface area contributed by atoms with Crippen molar-refractivity contribution in [3.63, 3.8) is 0 Å². The van der Waals surface area contributed by atoms with Gasteiger partial charge in [0.15, 0.2) is 11.8 Å². The van der Waals surface area contributed by atoms with E-state index >= 15 is 0 Å². The van der Waals surface area contributed by atoms with Gasteiger partial charge in [-0.05, 0) is 26.0 Å². The van der Waals surface area contributed by atoms with Gasteiger partial charge in [0.1, 0.15) is 0 Å². The van der Waals surface area contributed by atoms with Crippen LogP contribution in [0.4, 0.5) is 0 Å². The van der Waals surface area contributed by atoms with Crippen molar-refractivity contribution in [1.29, 1.82) is 0 Å². The molecule has 0 heterocycles. The SMILES string of the molecule is COC(=O)C(NS(=O)(=O)c1ccc(C)cc1)C(C)=O. The fraction of sp³-hybridized carbons (Fsp3) is 0.333. The van der Waals surface area contributed by atoms with Gasteiger partial charge in [0.05, 0.1) is 12.0 Å². The van der Waals surface area contributed by atoms with Gasteiger partial charge in [-0.1, -0.05) is 17.7 Å². The number of esters is 1. The number of sulfonamides is 1. The minimum atomic E-state index is -3.95. The van der Waals surface area contributed by atoms with Crippen molar-refractivity contribution < 1.29 is 22.7 Å². The number of aryl methyl sites for hydroxylation is 1. The number of carbonyl (C=O) groups excluding carboxylic acids is 2. The van der Waals surface area contributed by atoms with Crippen molar-refractivity contribution in [2.45, 2.75) is 24.8 Å². The molecule has 0 fully saturated rings. The molecular formula is C12H15NO5S. The quantitative estimate of drug-likeness (QED) is 0.625. The Morgan fingerprint density at radius 3 is 2.16 bits per heavy atom. The number of hydrogen-bond donors (Lipinski definition) is 1. The molecule has 0 radical (unpaired) electrons. The van der Waals surface area contributed by atoms with Crippen molar-refractivity contribution in [1.82, 2.24) is 4.72 Å². The Morgan fingerprint density at radius 1 is 1.21 bits per heavy atom. The first-order valence-electron chi connectivity index (χ1n) is 5.45. The zero-order valence-electron chi connectivity index (χ0n) is 10.8. The van der Waals surface area contributed by atoms with Gasteiger partial charge in [0.2, 0.25) is 10.0 Å². The molecule has 1 N–H and O–H groups in total. The van der Waals surface area contributed by atoms with Crippen molar-refractivity contribution in [3.05, 3.63) is 29.8 Å². The largest absolute Gasteiger partial charge is 0.467 e. The van der Waals surface area contributed by atoms with Crippen molar-refractivity contribution in [2.24, 2.45) is 0 Å². The van der Waals surface area contributed by atoms with Crippen LogP contribution in [0.25, 0.3) is 0 Å². The zero-order chi connectivity index (χ0) is 14.6. The molecule has 0 saturated heterocycles. The summed E-state index contributed by atoms with van der Waals surface area (Å²) in [6, 6.07) is 4.50. The zero-order valence-corrected chi connectivity index (χ0v) is 11.7. The second-order valence-corrected chi connectivity index (χ2v) is 5.72. The first-order valence-corrected chi connectivity index (χ1v) is 6.93. The lowest BCUT2D eigenvalue weighted by atomic mass is 10.2. The number of ketones is 1. The molecule has 0 amide bonds. The van der Waals surface area contributed by atoms with Crippen LogP contribution >= 0.6 is 0 Å². The molecule has 1 rings (SSSR count). The molecule has 7 heteroatoms. The standard InChI is InChI=1S/C12H15NO5S/c1-8-4-6-10(7-5-8)19(16,17)13-11(9(2)14)12(15)18-3/h4-7,11,13H,1-3H3. The highest BCUT2D eigenvalue weighted by molar-refractivity contribution is 7.89. The molecule has 1 atom stereocenters. The van der Waals surface area contributed by atoms with Crippen molar-refractivity contribution in [2.75, 3.05) is 7.11 Å². The van der Waals surface area contributed by atoms with Gasteiger partial charge in [-0.3, -0.25) is 4.79 Å². The van der Waals surface area contributed by atoms with Crippen LogP contribution in [-0.4, -0.2) is 33.3 Å². The second-order valence-electron chi connectivity index (χ2n) is 4.00. The number of carbonyl (C=O) groups is 2. The van der Waals surface area contributed by atoms with Gasteiger partial charge in [0.25, 0.3) is 0 Å². The summed E-state index contributed by atoms with van der Waals surface area (Å²) in [5, 5.41) is 0. The summed E-state index contributed by atoms with van der Waals surface area (Å²) in [5.74, 6) is -1.58. The summed E-state index contributed by atoms with van der Waals surface area (Å²) in [7, 11) is -2.87. The first-order chi connectivity index (χ1) is 8.77. The maximum atomic E-state index is 12.0. The fourth-order valence-electron chi connectivity index (χ4n) is 1.36. The lowest BCUT2D eigenvalue weighted by molar-refractivity contribution is -0.145.